The first-order chi connectivity index (χ1) is 13.8. The van der Waals surface area contributed by atoms with Gasteiger partial charge in [-0.3, -0.25) is 9.11 Å². The number of nitrogens with two attached hydrogens (primary N) is 2. The summed E-state index contributed by atoms with van der Waals surface area (Å²) in [6, 6.07) is -2.26. The van der Waals surface area contributed by atoms with E-state index in [9.17, 15) is 31.0 Å². The first kappa shape index (κ1) is 23.8. The van der Waals surface area contributed by atoms with Crippen LogP contribution in [0.3, 0.4) is 0 Å². The van der Waals surface area contributed by atoms with Gasteiger partial charge in [0.1, 0.15) is 10.5 Å². The third-order valence-electron chi connectivity index (χ3n) is 7.03. The molecule has 0 heterocycles. The number of aliphatic hydroxyl groups is 1. The quantitative estimate of drug-likeness (QED) is 0.221. The van der Waals surface area contributed by atoms with Gasteiger partial charge in [-0.05, 0) is 50.4 Å². The Bertz CT molecular complexity index is 871. The maximum Gasteiger partial charge on any atom is 0.273 e. The first-order valence-electron chi connectivity index (χ1n) is 10.3. The molecule has 8 N–H and O–H groups in total. The van der Waals surface area contributed by atoms with Crippen molar-refractivity contribution in [2.45, 2.75) is 80.2 Å². The van der Waals surface area contributed by atoms with E-state index in [4.69, 9.17) is 11.5 Å². The van der Waals surface area contributed by atoms with Crippen molar-refractivity contribution in [2.75, 3.05) is 0 Å². The predicted molar refractivity (Wildman–Crippen MR) is 111 cm³/mol. The highest BCUT2D eigenvalue weighted by atomic mass is 32.2. The fourth-order valence-electron chi connectivity index (χ4n) is 5.23. The number of nitrogens with zero attached hydrogens (tertiary/aromatic N) is 1. The molecule has 11 nitrogen and oxygen atoms in total. The molecule has 3 saturated carbocycles. The first-order valence-corrected chi connectivity index (χ1v) is 13.3. The topological polar surface area (TPSA) is 205 Å². The van der Waals surface area contributed by atoms with E-state index in [0.29, 0.717) is 5.92 Å². The van der Waals surface area contributed by atoms with Crippen LogP contribution in [-0.2, 0) is 20.2 Å². The average Bonchev–Trinajstić information content (AvgIpc) is 2.63. The van der Waals surface area contributed by atoms with E-state index < -0.39 is 60.8 Å². The van der Waals surface area contributed by atoms with Crippen LogP contribution in [-0.4, -0.2) is 71.5 Å². The zero-order chi connectivity index (χ0) is 22.4. The average molecular weight is 469 g/mol. The molecule has 0 spiro atoms. The SMILES string of the molecule is CC1CCC(N/N=C2/C(N)C3C(CC2S(=O)(=O)O)CC(S(=O)(=O)O)C(N)C3O)CC1. The summed E-state index contributed by atoms with van der Waals surface area (Å²) in [6.45, 7) is 2.17. The predicted octanol–water partition coefficient (Wildman–Crippen LogP) is -0.921. The van der Waals surface area contributed by atoms with Gasteiger partial charge in [-0.25, -0.2) is 0 Å². The highest BCUT2D eigenvalue weighted by Crippen LogP contribution is 2.42. The van der Waals surface area contributed by atoms with Crippen molar-refractivity contribution in [3.63, 3.8) is 0 Å². The molecule has 3 rings (SSSR count). The Morgan fingerprint density at radius 1 is 1.00 bits per heavy atom. The Morgan fingerprint density at radius 3 is 2.13 bits per heavy atom. The van der Waals surface area contributed by atoms with Gasteiger partial charge in [0.05, 0.1) is 23.9 Å². The number of hydrazone groups is 1. The van der Waals surface area contributed by atoms with Gasteiger partial charge >= 0.3 is 0 Å². The normalized spacial score (nSPS) is 44.5. The van der Waals surface area contributed by atoms with Crippen LogP contribution in [0.1, 0.15) is 45.4 Å². The van der Waals surface area contributed by atoms with Gasteiger partial charge in [0, 0.05) is 12.0 Å². The molecule has 3 aliphatic rings. The summed E-state index contributed by atoms with van der Waals surface area (Å²) < 4.78 is 66.7. The summed E-state index contributed by atoms with van der Waals surface area (Å²) in [5.74, 6) is -0.806. The van der Waals surface area contributed by atoms with Gasteiger partial charge in [0.25, 0.3) is 20.2 Å². The summed E-state index contributed by atoms with van der Waals surface area (Å²) in [6.07, 6.45) is 2.07. The molecule has 0 aromatic carbocycles. The van der Waals surface area contributed by atoms with Crippen LogP contribution in [0.4, 0.5) is 0 Å². The van der Waals surface area contributed by atoms with Crippen LogP contribution < -0.4 is 16.9 Å². The Hall–Kier alpha value is -0.830. The lowest BCUT2D eigenvalue weighted by atomic mass is 9.65. The second-order valence-electron chi connectivity index (χ2n) is 9.08. The van der Waals surface area contributed by atoms with E-state index >= 15 is 0 Å². The van der Waals surface area contributed by atoms with Crippen molar-refractivity contribution in [3.05, 3.63) is 0 Å². The molecule has 0 aromatic heterocycles. The molecule has 13 heteroatoms. The van der Waals surface area contributed by atoms with E-state index in [1.807, 2.05) is 0 Å². The Morgan fingerprint density at radius 2 is 1.60 bits per heavy atom. The number of hydrogen-bond donors (Lipinski definition) is 6. The molecular formula is C17H32N4O7S2. The number of hydrogen-bond acceptors (Lipinski definition) is 9. The lowest BCUT2D eigenvalue weighted by Crippen LogP contribution is -2.66. The lowest BCUT2D eigenvalue weighted by molar-refractivity contribution is 0.00589. The molecule has 3 fully saturated rings. The molecule has 0 bridgehead atoms. The molecular weight excluding hydrogens is 436 g/mol. The van der Waals surface area contributed by atoms with Crippen LogP contribution in [0.5, 0.6) is 0 Å². The molecule has 7 atom stereocenters. The molecule has 0 saturated heterocycles. The highest BCUT2D eigenvalue weighted by Gasteiger charge is 2.55. The molecule has 30 heavy (non-hydrogen) atoms. The summed E-state index contributed by atoms with van der Waals surface area (Å²) in [5.41, 5.74) is 15.2. The maximum atomic E-state index is 12.1. The maximum absolute atomic E-state index is 12.1. The Kier molecular flexibility index (Phi) is 6.83. The minimum absolute atomic E-state index is 0.00827. The molecule has 0 amide bonds. The van der Waals surface area contributed by atoms with Crippen LogP contribution in [0.15, 0.2) is 5.10 Å². The standard InChI is InChI=1S/C17H32N4O7S2/c1-8-2-4-10(5-3-8)20-21-16-12(30(26,27)28)7-9-6-11(29(23,24)25)14(18)17(22)13(9)15(16)19/h8-15,17,20,22H,2-7,18-19H2,1H3,(H,23,24,25)(H,26,27,28)/b21-16+. The summed E-state index contributed by atoms with van der Waals surface area (Å²) >= 11 is 0. The monoisotopic (exact) mass is 468 g/mol. The van der Waals surface area contributed by atoms with Crippen molar-refractivity contribution in [3.8, 4) is 0 Å². The number of nitrogens with one attached hydrogen (secondary N) is 1. The van der Waals surface area contributed by atoms with Crippen LogP contribution in [0.2, 0.25) is 0 Å². The van der Waals surface area contributed by atoms with Crippen molar-refractivity contribution in [2.24, 2.45) is 34.3 Å². The fraction of sp³-hybridized carbons (Fsp3) is 0.941. The largest absolute Gasteiger partial charge is 0.391 e. The molecule has 0 aromatic rings. The minimum Gasteiger partial charge on any atom is -0.391 e. The van der Waals surface area contributed by atoms with Gasteiger partial charge < -0.3 is 22.0 Å². The molecule has 0 radical (unpaired) electrons. The lowest BCUT2D eigenvalue weighted by Gasteiger charge is -2.49. The molecule has 3 aliphatic carbocycles. The van der Waals surface area contributed by atoms with Crippen LogP contribution >= 0.6 is 0 Å². The van der Waals surface area contributed by atoms with E-state index in [1.165, 1.54) is 0 Å². The summed E-state index contributed by atoms with van der Waals surface area (Å²) in [4.78, 5) is 0. The van der Waals surface area contributed by atoms with E-state index in [2.05, 4.69) is 17.5 Å². The van der Waals surface area contributed by atoms with Gasteiger partial charge in [0.2, 0.25) is 0 Å². The zero-order valence-electron chi connectivity index (χ0n) is 16.8. The highest BCUT2D eigenvalue weighted by molar-refractivity contribution is 7.87. The Balaban J connectivity index is 1.88. The third kappa shape index (κ3) is 4.81. The van der Waals surface area contributed by atoms with Gasteiger partial charge in [-0.1, -0.05) is 6.92 Å². The second-order valence-corrected chi connectivity index (χ2v) is 12.3. The molecule has 174 valence electrons. The summed E-state index contributed by atoms with van der Waals surface area (Å²) in [7, 11) is -9.13. The zero-order valence-corrected chi connectivity index (χ0v) is 18.5. The number of rotatable bonds is 4. The van der Waals surface area contributed by atoms with E-state index in [-0.39, 0.29) is 24.6 Å². The van der Waals surface area contributed by atoms with Crippen LogP contribution in [0.25, 0.3) is 0 Å². The van der Waals surface area contributed by atoms with Gasteiger partial charge in [-0.15, -0.1) is 0 Å². The van der Waals surface area contributed by atoms with E-state index in [1.54, 1.807) is 0 Å². The smallest absolute Gasteiger partial charge is 0.273 e. The second kappa shape index (κ2) is 8.60. The van der Waals surface area contributed by atoms with Crippen LogP contribution in [0, 0.1) is 17.8 Å². The van der Waals surface area contributed by atoms with Crippen molar-refractivity contribution < 1.29 is 31.0 Å². The van der Waals surface area contributed by atoms with Crippen molar-refractivity contribution in [1.82, 2.24) is 5.43 Å². The van der Waals surface area contributed by atoms with Gasteiger partial charge in [0.15, 0.2) is 0 Å². The van der Waals surface area contributed by atoms with Gasteiger partial charge in [-0.2, -0.15) is 21.9 Å². The Labute approximate surface area is 177 Å². The third-order valence-corrected chi connectivity index (χ3v) is 9.46. The summed E-state index contributed by atoms with van der Waals surface area (Å²) in [5, 5.41) is 12.1. The van der Waals surface area contributed by atoms with Crippen molar-refractivity contribution in [1.29, 1.82) is 0 Å². The molecule has 0 aliphatic heterocycles. The minimum atomic E-state index is -4.58. The number of fused-ring (bicyclic) bond motifs is 1. The number of aliphatic hydroxyl groups excluding tert-OH is 1. The molecule has 7 unspecified atom stereocenters. The van der Waals surface area contributed by atoms with E-state index in [0.717, 1.165) is 25.7 Å². The van der Waals surface area contributed by atoms with Crippen molar-refractivity contribution >= 4 is 25.9 Å². The fourth-order valence-corrected chi connectivity index (χ4v) is 7.28.